The van der Waals surface area contributed by atoms with Gasteiger partial charge in [-0.25, -0.2) is 4.98 Å². The summed E-state index contributed by atoms with van der Waals surface area (Å²) in [5.74, 6) is 1.45. The van der Waals surface area contributed by atoms with E-state index in [1.165, 1.54) is 11.3 Å². The van der Waals surface area contributed by atoms with Crippen molar-refractivity contribution in [1.29, 1.82) is 0 Å². The number of fused-ring (bicyclic) bond motifs is 1. The number of nitrogens with one attached hydrogen (secondary N) is 1. The van der Waals surface area contributed by atoms with Gasteiger partial charge < -0.3 is 14.8 Å². The van der Waals surface area contributed by atoms with Gasteiger partial charge in [-0.15, -0.1) is 11.3 Å². The molecule has 1 aliphatic carbocycles. The van der Waals surface area contributed by atoms with Crippen molar-refractivity contribution < 1.29 is 14.3 Å². The van der Waals surface area contributed by atoms with Crippen LogP contribution in [0.15, 0.2) is 18.2 Å². The average Bonchev–Trinajstić information content (AvgIpc) is 3.13. The first-order chi connectivity index (χ1) is 11.2. The number of hydrogen-bond donors (Lipinski definition) is 1. The van der Waals surface area contributed by atoms with Gasteiger partial charge in [0, 0.05) is 17.4 Å². The second-order valence-corrected chi connectivity index (χ2v) is 6.60. The van der Waals surface area contributed by atoms with Crippen LogP contribution in [-0.4, -0.2) is 25.1 Å². The number of methoxy groups -OCH3 is 2. The summed E-state index contributed by atoms with van der Waals surface area (Å²) in [5.41, 5.74) is 2.17. The summed E-state index contributed by atoms with van der Waals surface area (Å²) in [5, 5.41) is 3.63. The molecule has 1 N–H and O–H groups in total. The highest BCUT2D eigenvalue weighted by molar-refractivity contribution is 7.15. The number of ether oxygens (including phenoxy) is 2. The van der Waals surface area contributed by atoms with Crippen molar-refractivity contribution >= 4 is 22.4 Å². The minimum absolute atomic E-state index is 0.0146. The third kappa shape index (κ3) is 3.82. The third-order valence-corrected chi connectivity index (χ3v) is 4.97. The lowest BCUT2D eigenvalue weighted by molar-refractivity contribution is -0.116. The van der Waals surface area contributed by atoms with Gasteiger partial charge in [-0.05, 0) is 43.4 Å². The summed E-state index contributed by atoms with van der Waals surface area (Å²) < 4.78 is 10.5. The van der Waals surface area contributed by atoms with Gasteiger partial charge in [-0.3, -0.25) is 4.79 Å². The Hall–Kier alpha value is -2.08. The Morgan fingerprint density at radius 3 is 2.61 bits per heavy atom. The summed E-state index contributed by atoms with van der Waals surface area (Å²) in [7, 11) is 3.24. The van der Waals surface area contributed by atoms with Crippen LogP contribution in [0.2, 0.25) is 0 Å². The molecule has 0 saturated heterocycles. The summed E-state index contributed by atoms with van der Waals surface area (Å²) in [6, 6.07) is 5.67. The van der Waals surface area contributed by atoms with Crippen molar-refractivity contribution in [2.24, 2.45) is 0 Å². The monoisotopic (exact) mass is 332 g/mol. The fourth-order valence-corrected chi connectivity index (χ4v) is 3.76. The minimum atomic E-state index is -0.0146. The van der Waals surface area contributed by atoms with Crippen molar-refractivity contribution in [2.45, 2.75) is 32.1 Å². The van der Waals surface area contributed by atoms with Gasteiger partial charge in [0.15, 0.2) is 5.13 Å². The maximum atomic E-state index is 12.1. The molecule has 0 atom stereocenters. The molecule has 122 valence electrons. The van der Waals surface area contributed by atoms with E-state index in [0.717, 1.165) is 40.7 Å². The van der Waals surface area contributed by atoms with E-state index in [1.54, 1.807) is 25.6 Å². The molecular formula is C17H20N2O3S. The van der Waals surface area contributed by atoms with Crippen molar-refractivity contribution in [3.8, 4) is 11.5 Å². The minimum Gasteiger partial charge on any atom is -0.497 e. The number of hydrogen-bond acceptors (Lipinski definition) is 5. The summed E-state index contributed by atoms with van der Waals surface area (Å²) >= 11 is 1.60. The highest BCUT2D eigenvalue weighted by Crippen LogP contribution is 2.30. The van der Waals surface area contributed by atoms with Crippen LogP contribution < -0.4 is 14.8 Å². The van der Waals surface area contributed by atoms with Crippen LogP contribution in [0, 0.1) is 0 Å². The zero-order chi connectivity index (χ0) is 16.2. The molecule has 0 spiro atoms. The molecule has 0 fully saturated rings. The molecule has 1 heterocycles. The molecule has 0 radical (unpaired) electrons. The smallest absolute Gasteiger partial charge is 0.226 e. The number of benzene rings is 1. The first kappa shape index (κ1) is 15.8. The molecule has 1 amide bonds. The molecule has 5 nitrogen and oxygen atoms in total. The van der Waals surface area contributed by atoms with Gasteiger partial charge in [0.05, 0.1) is 19.9 Å². The van der Waals surface area contributed by atoms with Gasteiger partial charge in [0.25, 0.3) is 0 Å². The summed E-state index contributed by atoms with van der Waals surface area (Å²) in [6.07, 6.45) is 4.34. The van der Waals surface area contributed by atoms with Crippen molar-refractivity contribution in [3.05, 3.63) is 34.3 Å². The number of amides is 1. The van der Waals surface area contributed by atoms with E-state index in [2.05, 4.69) is 10.3 Å². The largest absolute Gasteiger partial charge is 0.497 e. The summed E-state index contributed by atoms with van der Waals surface area (Å²) in [4.78, 5) is 17.9. The lowest BCUT2D eigenvalue weighted by atomic mass is 10.1. The number of rotatable bonds is 6. The molecule has 1 aromatic carbocycles. The number of anilines is 1. The van der Waals surface area contributed by atoms with Gasteiger partial charge in [0.2, 0.25) is 5.91 Å². The number of thiazole rings is 1. The maximum Gasteiger partial charge on any atom is 0.226 e. The molecule has 0 bridgehead atoms. The average molecular weight is 332 g/mol. The zero-order valence-corrected chi connectivity index (χ0v) is 14.2. The molecule has 23 heavy (non-hydrogen) atoms. The Morgan fingerprint density at radius 2 is 1.96 bits per heavy atom. The van der Waals surface area contributed by atoms with E-state index in [0.29, 0.717) is 12.8 Å². The van der Waals surface area contributed by atoms with Crippen molar-refractivity contribution in [2.75, 3.05) is 19.5 Å². The Morgan fingerprint density at radius 1 is 1.22 bits per heavy atom. The predicted molar refractivity (Wildman–Crippen MR) is 90.6 cm³/mol. The van der Waals surface area contributed by atoms with Gasteiger partial charge >= 0.3 is 0 Å². The van der Waals surface area contributed by atoms with Gasteiger partial charge in [-0.2, -0.15) is 0 Å². The van der Waals surface area contributed by atoms with E-state index in [-0.39, 0.29) is 5.91 Å². The molecule has 1 aromatic heterocycles. The second kappa shape index (κ2) is 7.00. The van der Waals surface area contributed by atoms with Crippen LogP contribution in [0.3, 0.4) is 0 Å². The molecule has 0 unspecified atom stereocenters. The number of carbonyl (C=O) groups excluding carboxylic acids is 1. The number of aromatic nitrogens is 1. The van der Waals surface area contributed by atoms with Crippen LogP contribution >= 0.6 is 11.3 Å². The Kier molecular flexibility index (Phi) is 4.81. The lowest BCUT2D eigenvalue weighted by Gasteiger charge is -2.08. The molecule has 1 aliphatic rings. The third-order valence-electron chi connectivity index (χ3n) is 3.89. The van der Waals surface area contributed by atoms with E-state index < -0.39 is 0 Å². The van der Waals surface area contributed by atoms with E-state index in [9.17, 15) is 4.79 Å². The molecule has 2 aromatic rings. The van der Waals surface area contributed by atoms with E-state index in [1.807, 2.05) is 18.2 Å². The van der Waals surface area contributed by atoms with Crippen molar-refractivity contribution in [3.63, 3.8) is 0 Å². The quantitative estimate of drug-likeness (QED) is 0.882. The first-order valence-corrected chi connectivity index (χ1v) is 8.50. The zero-order valence-electron chi connectivity index (χ0n) is 13.3. The highest BCUT2D eigenvalue weighted by atomic mass is 32.1. The SMILES string of the molecule is COc1cc(CCC(=O)Nc2nc3c(s2)CCC3)cc(OC)c1. The predicted octanol–water partition coefficient (Wildman–Crippen LogP) is 3.22. The lowest BCUT2D eigenvalue weighted by Crippen LogP contribution is -2.12. The molecule has 6 heteroatoms. The number of carbonyl (C=O) groups is 1. The van der Waals surface area contributed by atoms with Crippen LogP contribution in [0.25, 0.3) is 0 Å². The van der Waals surface area contributed by atoms with Crippen LogP contribution in [0.1, 0.15) is 29.0 Å². The summed E-state index contributed by atoms with van der Waals surface area (Å²) in [6.45, 7) is 0. The molecular weight excluding hydrogens is 312 g/mol. The van der Waals surface area contributed by atoms with E-state index in [4.69, 9.17) is 9.47 Å². The fraction of sp³-hybridized carbons (Fsp3) is 0.412. The Bertz CT molecular complexity index is 668. The maximum absolute atomic E-state index is 12.1. The molecule has 0 aliphatic heterocycles. The topological polar surface area (TPSA) is 60.5 Å². The number of aryl methyl sites for hydroxylation is 3. The van der Waals surface area contributed by atoms with Gasteiger partial charge in [-0.1, -0.05) is 0 Å². The fourth-order valence-electron chi connectivity index (χ4n) is 2.69. The van der Waals surface area contributed by atoms with Crippen molar-refractivity contribution in [1.82, 2.24) is 4.98 Å². The molecule has 3 rings (SSSR count). The highest BCUT2D eigenvalue weighted by Gasteiger charge is 2.17. The van der Waals surface area contributed by atoms with Crippen LogP contribution in [0.5, 0.6) is 11.5 Å². The van der Waals surface area contributed by atoms with E-state index >= 15 is 0 Å². The number of nitrogens with zero attached hydrogens (tertiary/aromatic N) is 1. The van der Waals surface area contributed by atoms with Gasteiger partial charge in [0.1, 0.15) is 11.5 Å². The molecule has 0 saturated carbocycles. The Labute approximate surface area is 139 Å². The van der Waals surface area contributed by atoms with Crippen LogP contribution in [-0.2, 0) is 24.1 Å². The first-order valence-electron chi connectivity index (χ1n) is 7.68. The standard InChI is InChI=1S/C17H20N2O3S/c1-21-12-8-11(9-13(10-12)22-2)6-7-16(20)19-17-18-14-4-3-5-15(14)23-17/h8-10H,3-7H2,1-2H3,(H,18,19,20). The second-order valence-electron chi connectivity index (χ2n) is 5.51. The normalized spacial score (nSPS) is 12.8. The van der Waals surface area contributed by atoms with Crippen LogP contribution in [0.4, 0.5) is 5.13 Å². The Balaban J connectivity index is 1.58.